The van der Waals surface area contributed by atoms with Crippen molar-refractivity contribution in [2.45, 2.75) is 13.5 Å². The van der Waals surface area contributed by atoms with Crippen molar-refractivity contribution in [3.8, 4) is 6.07 Å². The average molecular weight is 211 g/mol. The molecule has 0 unspecified atom stereocenters. The lowest BCUT2D eigenvalue weighted by atomic mass is 10.1. The van der Waals surface area contributed by atoms with Gasteiger partial charge in [-0.2, -0.15) is 5.26 Å². The molecule has 0 saturated heterocycles. The first-order valence-corrected chi connectivity index (χ1v) is 5.16. The standard InChI is InChI=1S/C13H13N3/c1-10-12(7-14)3-2-4-13(10)16-9-11-5-6-15-8-11/h2-6,8,15-16H,9H2,1H3. The second-order valence-corrected chi connectivity index (χ2v) is 3.66. The summed E-state index contributed by atoms with van der Waals surface area (Å²) in [4.78, 5) is 3.01. The zero-order valence-electron chi connectivity index (χ0n) is 9.12. The molecule has 0 aliphatic heterocycles. The SMILES string of the molecule is Cc1c(C#N)cccc1NCc1cc[nH]c1. The van der Waals surface area contributed by atoms with E-state index in [-0.39, 0.29) is 0 Å². The molecule has 0 spiro atoms. The molecule has 0 aliphatic carbocycles. The number of hydrogen-bond acceptors (Lipinski definition) is 2. The number of nitrogens with zero attached hydrogens (tertiary/aromatic N) is 1. The van der Waals surface area contributed by atoms with Crippen molar-refractivity contribution in [2.24, 2.45) is 0 Å². The highest BCUT2D eigenvalue weighted by atomic mass is 14.9. The molecule has 1 heterocycles. The zero-order chi connectivity index (χ0) is 11.4. The van der Waals surface area contributed by atoms with Gasteiger partial charge in [-0.15, -0.1) is 0 Å². The third-order valence-corrected chi connectivity index (χ3v) is 2.60. The van der Waals surface area contributed by atoms with E-state index in [1.54, 1.807) is 0 Å². The van der Waals surface area contributed by atoms with E-state index in [9.17, 15) is 0 Å². The number of aromatic amines is 1. The van der Waals surface area contributed by atoms with E-state index < -0.39 is 0 Å². The van der Waals surface area contributed by atoms with Crippen LogP contribution in [0.1, 0.15) is 16.7 Å². The molecule has 0 atom stereocenters. The lowest BCUT2D eigenvalue weighted by Gasteiger charge is -2.09. The van der Waals surface area contributed by atoms with Crippen LogP contribution in [0, 0.1) is 18.3 Å². The summed E-state index contributed by atoms with van der Waals surface area (Å²) in [5.41, 5.74) is 3.93. The van der Waals surface area contributed by atoms with Gasteiger partial charge in [-0.05, 0) is 36.2 Å². The molecular formula is C13H13N3. The molecule has 1 aromatic heterocycles. The van der Waals surface area contributed by atoms with Crippen molar-refractivity contribution in [3.05, 3.63) is 53.3 Å². The minimum atomic E-state index is 0.721. The van der Waals surface area contributed by atoms with Gasteiger partial charge in [0.25, 0.3) is 0 Å². The highest BCUT2D eigenvalue weighted by Gasteiger charge is 2.02. The monoisotopic (exact) mass is 211 g/mol. The van der Waals surface area contributed by atoms with Crippen LogP contribution in [0.3, 0.4) is 0 Å². The Balaban J connectivity index is 2.13. The third-order valence-electron chi connectivity index (χ3n) is 2.60. The Bertz CT molecular complexity index is 506. The molecule has 0 fully saturated rings. The molecule has 0 amide bonds. The van der Waals surface area contributed by atoms with Crippen LogP contribution in [0.4, 0.5) is 5.69 Å². The first kappa shape index (κ1) is 10.3. The maximum atomic E-state index is 8.91. The van der Waals surface area contributed by atoms with Crippen molar-refractivity contribution in [1.82, 2.24) is 4.98 Å². The van der Waals surface area contributed by atoms with Gasteiger partial charge in [-0.25, -0.2) is 0 Å². The molecule has 3 nitrogen and oxygen atoms in total. The summed E-state index contributed by atoms with van der Waals surface area (Å²) in [5.74, 6) is 0. The Kier molecular flexibility index (Phi) is 2.93. The predicted molar refractivity (Wildman–Crippen MR) is 64.0 cm³/mol. The maximum Gasteiger partial charge on any atom is 0.0995 e. The lowest BCUT2D eigenvalue weighted by Crippen LogP contribution is -2.00. The van der Waals surface area contributed by atoms with E-state index in [1.165, 1.54) is 5.56 Å². The van der Waals surface area contributed by atoms with Crippen molar-refractivity contribution in [3.63, 3.8) is 0 Å². The number of anilines is 1. The largest absolute Gasteiger partial charge is 0.381 e. The predicted octanol–water partition coefficient (Wildman–Crippen LogP) is 2.81. The molecule has 0 radical (unpaired) electrons. The second-order valence-electron chi connectivity index (χ2n) is 3.66. The van der Waals surface area contributed by atoms with E-state index >= 15 is 0 Å². The van der Waals surface area contributed by atoms with Crippen LogP contribution in [-0.4, -0.2) is 4.98 Å². The van der Waals surface area contributed by atoms with Crippen LogP contribution in [0.2, 0.25) is 0 Å². The Hall–Kier alpha value is -2.21. The Morgan fingerprint density at radius 2 is 2.25 bits per heavy atom. The Morgan fingerprint density at radius 3 is 2.94 bits per heavy atom. The van der Waals surface area contributed by atoms with Crippen LogP contribution in [-0.2, 0) is 6.54 Å². The van der Waals surface area contributed by atoms with E-state index in [0.29, 0.717) is 0 Å². The fraction of sp³-hybridized carbons (Fsp3) is 0.154. The molecule has 2 N–H and O–H groups in total. The first-order valence-electron chi connectivity index (χ1n) is 5.16. The van der Waals surface area contributed by atoms with E-state index in [2.05, 4.69) is 16.4 Å². The van der Waals surface area contributed by atoms with E-state index in [4.69, 9.17) is 5.26 Å². The Morgan fingerprint density at radius 1 is 1.38 bits per heavy atom. The maximum absolute atomic E-state index is 8.91. The quantitative estimate of drug-likeness (QED) is 0.820. The van der Waals surface area contributed by atoms with Gasteiger partial charge < -0.3 is 10.3 Å². The van der Waals surface area contributed by atoms with Crippen LogP contribution in [0.15, 0.2) is 36.7 Å². The molecule has 2 rings (SSSR count). The zero-order valence-corrected chi connectivity index (χ0v) is 9.12. The number of nitrogens with one attached hydrogen (secondary N) is 2. The average Bonchev–Trinajstić information content (AvgIpc) is 2.81. The summed E-state index contributed by atoms with van der Waals surface area (Å²) in [7, 11) is 0. The van der Waals surface area contributed by atoms with Crippen molar-refractivity contribution < 1.29 is 0 Å². The van der Waals surface area contributed by atoms with Gasteiger partial charge in [0.05, 0.1) is 11.6 Å². The fourth-order valence-electron chi connectivity index (χ4n) is 1.61. The fourth-order valence-corrected chi connectivity index (χ4v) is 1.61. The minimum Gasteiger partial charge on any atom is -0.381 e. The van der Waals surface area contributed by atoms with Gasteiger partial charge in [-0.3, -0.25) is 0 Å². The lowest BCUT2D eigenvalue weighted by molar-refractivity contribution is 1.14. The summed E-state index contributed by atoms with van der Waals surface area (Å²) in [6, 6.07) is 9.92. The van der Waals surface area contributed by atoms with Crippen LogP contribution in [0.5, 0.6) is 0 Å². The van der Waals surface area contributed by atoms with Gasteiger partial charge in [0.1, 0.15) is 0 Å². The van der Waals surface area contributed by atoms with Crippen LogP contribution in [0.25, 0.3) is 0 Å². The van der Waals surface area contributed by atoms with Gasteiger partial charge in [0.2, 0.25) is 0 Å². The Labute approximate surface area is 94.7 Å². The normalized spacial score (nSPS) is 9.75. The number of H-pyrrole nitrogens is 1. The van der Waals surface area contributed by atoms with E-state index in [0.717, 1.165) is 23.4 Å². The number of benzene rings is 1. The molecule has 0 aliphatic rings. The van der Waals surface area contributed by atoms with Gasteiger partial charge in [0, 0.05) is 24.6 Å². The molecule has 1 aromatic carbocycles. The molecule has 16 heavy (non-hydrogen) atoms. The van der Waals surface area contributed by atoms with Crippen molar-refractivity contribution in [2.75, 3.05) is 5.32 Å². The summed E-state index contributed by atoms with van der Waals surface area (Å²) >= 11 is 0. The smallest absolute Gasteiger partial charge is 0.0995 e. The number of nitriles is 1. The molecule has 0 saturated carbocycles. The van der Waals surface area contributed by atoms with Crippen molar-refractivity contribution in [1.29, 1.82) is 5.26 Å². The van der Waals surface area contributed by atoms with Gasteiger partial charge in [0.15, 0.2) is 0 Å². The molecule has 3 heteroatoms. The number of hydrogen-bond donors (Lipinski definition) is 2. The third kappa shape index (κ3) is 2.06. The molecular weight excluding hydrogens is 198 g/mol. The van der Waals surface area contributed by atoms with Crippen molar-refractivity contribution >= 4 is 5.69 Å². The first-order chi connectivity index (χ1) is 7.81. The number of aromatic nitrogens is 1. The topological polar surface area (TPSA) is 51.6 Å². The summed E-state index contributed by atoms with van der Waals surface area (Å²) < 4.78 is 0. The number of rotatable bonds is 3. The van der Waals surface area contributed by atoms with Crippen LogP contribution >= 0.6 is 0 Å². The second kappa shape index (κ2) is 4.54. The summed E-state index contributed by atoms with van der Waals surface area (Å²) in [6.07, 6.45) is 3.85. The summed E-state index contributed by atoms with van der Waals surface area (Å²) in [6.45, 7) is 2.72. The minimum absolute atomic E-state index is 0.721. The van der Waals surface area contributed by atoms with E-state index in [1.807, 2.05) is 43.6 Å². The molecule has 80 valence electrons. The molecule has 0 bridgehead atoms. The highest BCUT2D eigenvalue weighted by Crippen LogP contribution is 2.18. The van der Waals surface area contributed by atoms with Crippen LogP contribution < -0.4 is 5.32 Å². The summed E-state index contributed by atoms with van der Waals surface area (Å²) in [5, 5.41) is 12.2. The van der Waals surface area contributed by atoms with Gasteiger partial charge in [-0.1, -0.05) is 6.07 Å². The molecule has 2 aromatic rings. The van der Waals surface area contributed by atoms with Gasteiger partial charge >= 0.3 is 0 Å². The highest BCUT2D eigenvalue weighted by molar-refractivity contribution is 5.57.